The Balaban J connectivity index is 2.99. The molecule has 0 saturated carbocycles. The minimum absolute atomic E-state index is 0.172. The molecule has 0 aliphatic carbocycles. The molecule has 1 rings (SSSR count). The maximum atomic E-state index is 12.5. The molecule has 1 atom stereocenters. The number of ketones is 1. The zero-order valence-corrected chi connectivity index (χ0v) is 12.1. The zero-order valence-electron chi connectivity index (χ0n) is 12.1. The summed E-state index contributed by atoms with van der Waals surface area (Å²) in [6, 6.07) is 8.90. The quantitative estimate of drug-likeness (QED) is 0.463. The van der Waals surface area contributed by atoms with E-state index in [0.717, 1.165) is 6.42 Å². The van der Waals surface area contributed by atoms with Crippen molar-refractivity contribution in [3.05, 3.63) is 35.9 Å². The molecule has 19 heavy (non-hydrogen) atoms. The van der Waals surface area contributed by atoms with E-state index in [4.69, 9.17) is 4.74 Å². The third kappa shape index (κ3) is 4.19. The first-order chi connectivity index (χ1) is 8.88. The summed E-state index contributed by atoms with van der Waals surface area (Å²) in [5.74, 6) is -1.36. The maximum absolute atomic E-state index is 12.5. The van der Waals surface area contributed by atoms with E-state index >= 15 is 0 Å². The van der Waals surface area contributed by atoms with Crippen LogP contribution in [0.4, 0.5) is 0 Å². The number of carbonyl (C=O) groups is 2. The van der Waals surface area contributed by atoms with Gasteiger partial charge in [-0.05, 0) is 11.8 Å². The lowest BCUT2D eigenvalue weighted by atomic mass is 9.76. The summed E-state index contributed by atoms with van der Waals surface area (Å²) < 4.78 is 5.16. The van der Waals surface area contributed by atoms with Gasteiger partial charge in [-0.3, -0.25) is 9.59 Å². The Labute approximate surface area is 115 Å². The molecule has 0 N–H and O–H groups in total. The van der Waals surface area contributed by atoms with Gasteiger partial charge >= 0.3 is 5.97 Å². The summed E-state index contributed by atoms with van der Waals surface area (Å²) >= 11 is 0. The third-order valence-electron chi connectivity index (χ3n) is 2.87. The number of esters is 1. The van der Waals surface area contributed by atoms with Gasteiger partial charge < -0.3 is 4.74 Å². The van der Waals surface area contributed by atoms with Crippen LogP contribution in [0.1, 0.15) is 44.5 Å². The van der Waals surface area contributed by atoms with Gasteiger partial charge in [0.15, 0.2) is 5.78 Å². The lowest BCUT2D eigenvalue weighted by molar-refractivity contribution is -0.149. The van der Waals surface area contributed by atoms with Crippen LogP contribution < -0.4 is 0 Å². The van der Waals surface area contributed by atoms with Crippen molar-refractivity contribution >= 4 is 11.8 Å². The molecular formula is C16H22O3. The van der Waals surface area contributed by atoms with E-state index in [0.29, 0.717) is 12.2 Å². The predicted molar refractivity (Wildman–Crippen MR) is 75.0 cm³/mol. The van der Waals surface area contributed by atoms with Gasteiger partial charge in [0.25, 0.3) is 0 Å². The standard InChI is InChI=1S/C16H22O3/c1-5-11-19-15(18)13(16(2,3)4)14(17)12-9-7-6-8-10-12/h6-10,13H,5,11H2,1-4H3. The van der Waals surface area contributed by atoms with Crippen LogP contribution >= 0.6 is 0 Å². The van der Waals surface area contributed by atoms with Crippen LogP contribution in [0.25, 0.3) is 0 Å². The van der Waals surface area contributed by atoms with Crippen LogP contribution in [0, 0.1) is 11.3 Å². The predicted octanol–water partition coefficient (Wildman–Crippen LogP) is 3.48. The fourth-order valence-corrected chi connectivity index (χ4v) is 1.91. The number of hydrogen-bond donors (Lipinski definition) is 0. The molecule has 0 aliphatic rings. The Hall–Kier alpha value is -1.64. The van der Waals surface area contributed by atoms with Crippen molar-refractivity contribution in [1.29, 1.82) is 0 Å². The summed E-state index contributed by atoms with van der Waals surface area (Å²) in [5.41, 5.74) is 0.0912. The van der Waals surface area contributed by atoms with Gasteiger partial charge in [0.05, 0.1) is 6.61 Å². The number of rotatable bonds is 5. The lowest BCUT2D eigenvalue weighted by Gasteiger charge is -2.27. The molecule has 0 aromatic heterocycles. The average molecular weight is 262 g/mol. The largest absolute Gasteiger partial charge is 0.465 e. The maximum Gasteiger partial charge on any atom is 0.317 e. The Morgan fingerprint density at radius 2 is 1.74 bits per heavy atom. The van der Waals surface area contributed by atoms with Gasteiger partial charge in [-0.1, -0.05) is 58.0 Å². The summed E-state index contributed by atoms with van der Waals surface area (Å²) in [6.45, 7) is 7.93. The van der Waals surface area contributed by atoms with E-state index in [1.807, 2.05) is 33.8 Å². The van der Waals surface area contributed by atoms with E-state index in [9.17, 15) is 9.59 Å². The molecule has 1 aromatic carbocycles. The SMILES string of the molecule is CCCOC(=O)C(C(=O)c1ccccc1)C(C)(C)C. The van der Waals surface area contributed by atoms with Crippen molar-refractivity contribution in [2.24, 2.45) is 11.3 Å². The first kappa shape index (κ1) is 15.4. The van der Waals surface area contributed by atoms with Gasteiger partial charge in [0.1, 0.15) is 5.92 Å². The van der Waals surface area contributed by atoms with E-state index in [-0.39, 0.29) is 5.78 Å². The second-order valence-electron chi connectivity index (χ2n) is 5.70. The molecule has 0 aliphatic heterocycles. The number of ether oxygens (including phenoxy) is 1. The Morgan fingerprint density at radius 1 is 1.16 bits per heavy atom. The molecule has 104 valence electrons. The van der Waals surface area contributed by atoms with Gasteiger partial charge in [0, 0.05) is 5.56 Å². The summed E-state index contributed by atoms with van der Waals surface area (Å²) in [4.78, 5) is 24.6. The molecule has 0 spiro atoms. The molecule has 0 amide bonds. The van der Waals surface area contributed by atoms with Gasteiger partial charge in [-0.2, -0.15) is 0 Å². The van der Waals surface area contributed by atoms with Crippen molar-refractivity contribution in [2.45, 2.75) is 34.1 Å². The van der Waals surface area contributed by atoms with Crippen LogP contribution in [-0.4, -0.2) is 18.4 Å². The van der Waals surface area contributed by atoms with Crippen molar-refractivity contribution in [3.63, 3.8) is 0 Å². The minimum atomic E-state index is -0.763. The molecule has 0 radical (unpaired) electrons. The highest BCUT2D eigenvalue weighted by Crippen LogP contribution is 2.30. The molecule has 0 fully saturated rings. The van der Waals surface area contributed by atoms with Crippen molar-refractivity contribution in [1.82, 2.24) is 0 Å². The molecule has 3 heteroatoms. The van der Waals surface area contributed by atoms with Crippen molar-refractivity contribution in [2.75, 3.05) is 6.61 Å². The highest BCUT2D eigenvalue weighted by molar-refractivity contribution is 6.09. The number of benzene rings is 1. The monoisotopic (exact) mass is 262 g/mol. The Morgan fingerprint density at radius 3 is 2.21 bits per heavy atom. The first-order valence-electron chi connectivity index (χ1n) is 6.63. The Bertz CT molecular complexity index is 429. The molecule has 1 aromatic rings. The molecular weight excluding hydrogens is 240 g/mol. The average Bonchev–Trinajstić information content (AvgIpc) is 2.35. The highest BCUT2D eigenvalue weighted by atomic mass is 16.5. The van der Waals surface area contributed by atoms with Gasteiger partial charge in [-0.25, -0.2) is 0 Å². The number of carbonyl (C=O) groups excluding carboxylic acids is 2. The first-order valence-corrected chi connectivity index (χ1v) is 6.63. The number of Topliss-reactive ketones (excluding diaryl/α,β-unsaturated/α-hetero) is 1. The molecule has 0 saturated heterocycles. The Kier molecular flexibility index (Phi) is 5.28. The summed E-state index contributed by atoms with van der Waals surface area (Å²) in [5, 5.41) is 0. The second kappa shape index (κ2) is 6.50. The van der Waals surface area contributed by atoms with Crippen molar-refractivity contribution < 1.29 is 14.3 Å². The normalized spacial score (nSPS) is 12.8. The van der Waals surface area contributed by atoms with Gasteiger partial charge in [-0.15, -0.1) is 0 Å². The molecule has 0 bridgehead atoms. The highest BCUT2D eigenvalue weighted by Gasteiger charge is 2.39. The van der Waals surface area contributed by atoms with E-state index in [1.54, 1.807) is 24.3 Å². The third-order valence-corrected chi connectivity index (χ3v) is 2.87. The smallest absolute Gasteiger partial charge is 0.317 e. The number of hydrogen-bond acceptors (Lipinski definition) is 3. The van der Waals surface area contributed by atoms with Gasteiger partial charge in [0.2, 0.25) is 0 Å². The van der Waals surface area contributed by atoms with E-state index < -0.39 is 17.3 Å². The molecule has 0 heterocycles. The van der Waals surface area contributed by atoms with E-state index in [2.05, 4.69) is 0 Å². The van der Waals surface area contributed by atoms with Crippen LogP contribution in [-0.2, 0) is 9.53 Å². The lowest BCUT2D eigenvalue weighted by Crippen LogP contribution is -2.37. The zero-order chi connectivity index (χ0) is 14.5. The fourth-order valence-electron chi connectivity index (χ4n) is 1.91. The molecule has 1 unspecified atom stereocenters. The fraction of sp³-hybridized carbons (Fsp3) is 0.500. The van der Waals surface area contributed by atoms with Crippen LogP contribution in [0.3, 0.4) is 0 Å². The van der Waals surface area contributed by atoms with Crippen LogP contribution in [0.15, 0.2) is 30.3 Å². The second-order valence-corrected chi connectivity index (χ2v) is 5.70. The van der Waals surface area contributed by atoms with Crippen LogP contribution in [0.2, 0.25) is 0 Å². The minimum Gasteiger partial charge on any atom is -0.465 e. The summed E-state index contributed by atoms with van der Waals surface area (Å²) in [6.07, 6.45) is 0.752. The van der Waals surface area contributed by atoms with Crippen molar-refractivity contribution in [3.8, 4) is 0 Å². The van der Waals surface area contributed by atoms with Crippen LogP contribution in [0.5, 0.6) is 0 Å². The van der Waals surface area contributed by atoms with E-state index in [1.165, 1.54) is 0 Å². The topological polar surface area (TPSA) is 43.4 Å². The summed E-state index contributed by atoms with van der Waals surface area (Å²) in [7, 11) is 0. The molecule has 3 nitrogen and oxygen atoms in total.